The van der Waals surface area contributed by atoms with Gasteiger partial charge in [-0.1, -0.05) is 30.4 Å². The Labute approximate surface area is 122 Å². The van der Waals surface area contributed by atoms with E-state index in [0.29, 0.717) is 31.0 Å². The number of ether oxygens (including phenoxy) is 1. The standard InChI is InChI=1S/C15H17N3O3/c1-11(2)10-21-8-7-16-15-12-5-3-4-6-13(12)17-9-14(15)18(19)20/h3-6,9H,1,7-8,10H2,2H3,(H,16,17). The number of aromatic nitrogens is 1. The summed E-state index contributed by atoms with van der Waals surface area (Å²) < 4.78 is 5.38. The van der Waals surface area contributed by atoms with E-state index in [1.165, 1.54) is 6.20 Å². The van der Waals surface area contributed by atoms with Gasteiger partial charge in [-0.3, -0.25) is 10.1 Å². The summed E-state index contributed by atoms with van der Waals surface area (Å²) in [5, 5.41) is 14.9. The maximum Gasteiger partial charge on any atom is 0.311 e. The molecule has 2 aromatic rings. The number of fused-ring (bicyclic) bond motifs is 1. The second-order valence-electron chi connectivity index (χ2n) is 4.73. The Bertz CT molecular complexity index is 670. The molecule has 2 rings (SSSR count). The van der Waals surface area contributed by atoms with Crippen LogP contribution in [0.1, 0.15) is 6.92 Å². The van der Waals surface area contributed by atoms with Crippen LogP contribution in [-0.2, 0) is 4.74 Å². The molecule has 0 amide bonds. The molecule has 0 radical (unpaired) electrons. The van der Waals surface area contributed by atoms with Gasteiger partial charge in [0.15, 0.2) is 0 Å². The highest BCUT2D eigenvalue weighted by molar-refractivity contribution is 5.95. The molecule has 0 saturated heterocycles. The quantitative estimate of drug-likeness (QED) is 0.366. The van der Waals surface area contributed by atoms with Crippen LogP contribution in [0.25, 0.3) is 10.9 Å². The maximum atomic E-state index is 11.1. The van der Waals surface area contributed by atoms with E-state index in [0.717, 1.165) is 11.0 Å². The highest BCUT2D eigenvalue weighted by atomic mass is 16.6. The highest BCUT2D eigenvalue weighted by Crippen LogP contribution is 2.30. The Kier molecular flexibility index (Phi) is 4.84. The van der Waals surface area contributed by atoms with Crippen LogP contribution in [0.4, 0.5) is 11.4 Å². The topological polar surface area (TPSA) is 77.3 Å². The Morgan fingerprint density at radius 3 is 2.95 bits per heavy atom. The van der Waals surface area contributed by atoms with E-state index in [1.54, 1.807) is 0 Å². The Balaban J connectivity index is 2.17. The van der Waals surface area contributed by atoms with Gasteiger partial charge in [0.25, 0.3) is 0 Å². The number of nitrogens with zero attached hydrogens (tertiary/aromatic N) is 2. The number of pyridine rings is 1. The fraction of sp³-hybridized carbons (Fsp3) is 0.267. The van der Waals surface area contributed by atoms with E-state index in [1.807, 2.05) is 31.2 Å². The summed E-state index contributed by atoms with van der Waals surface area (Å²) in [5.41, 5.74) is 2.10. The van der Waals surface area contributed by atoms with Crippen LogP contribution in [0.15, 0.2) is 42.6 Å². The van der Waals surface area contributed by atoms with E-state index in [2.05, 4.69) is 16.9 Å². The fourth-order valence-corrected chi connectivity index (χ4v) is 1.95. The Morgan fingerprint density at radius 1 is 1.48 bits per heavy atom. The van der Waals surface area contributed by atoms with Gasteiger partial charge in [-0.15, -0.1) is 0 Å². The van der Waals surface area contributed by atoms with Gasteiger partial charge in [0, 0.05) is 11.9 Å². The van der Waals surface area contributed by atoms with E-state index in [9.17, 15) is 10.1 Å². The zero-order chi connectivity index (χ0) is 15.2. The van der Waals surface area contributed by atoms with Crippen molar-refractivity contribution >= 4 is 22.3 Å². The molecule has 21 heavy (non-hydrogen) atoms. The van der Waals surface area contributed by atoms with Gasteiger partial charge in [0.2, 0.25) is 0 Å². The molecule has 0 aliphatic carbocycles. The number of nitro groups is 1. The molecule has 0 saturated carbocycles. The molecular weight excluding hydrogens is 270 g/mol. The van der Waals surface area contributed by atoms with Crippen LogP contribution in [-0.4, -0.2) is 29.7 Å². The van der Waals surface area contributed by atoms with Crippen LogP contribution in [0.5, 0.6) is 0 Å². The normalized spacial score (nSPS) is 10.5. The summed E-state index contributed by atoms with van der Waals surface area (Å²) in [6, 6.07) is 7.31. The zero-order valence-corrected chi connectivity index (χ0v) is 11.8. The molecule has 0 atom stereocenters. The summed E-state index contributed by atoms with van der Waals surface area (Å²) in [6.07, 6.45) is 1.28. The van der Waals surface area contributed by atoms with Gasteiger partial charge in [-0.05, 0) is 13.0 Å². The fourth-order valence-electron chi connectivity index (χ4n) is 1.95. The predicted octanol–water partition coefficient (Wildman–Crippen LogP) is 3.15. The molecule has 0 aliphatic rings. The van der Waals surface area contributed by atoms with Crippen molar-refractivity contribution in [3.05, 3.63) is 52.7 Å². The molecule has 0 spiro atoms. The van der Waals surface area contributed by atoms with Crippen LogP contribution in [0.2, 0.25) is 0 Å². The first-order chi connectivity index (χ1) is 10.1. The molecule has 1 N–H and O–H groups in total. The van der Waals surface area contributed by atoms with E-state index in [-0.39, 0.29) is 5.69 Å². The molecule has 6 heteroatoms. The zero-order valence-electron chi connectivity index (χ0n) is 11.8. The van der Waals surface area contributed by atoms with Crippen molar-refractivity contribution in [1.82, 2.24) is 4.98 Å². The first-order valence-corrected chi connectivity index (χ1v) is 6.57. The van der Waals surface area contributed by atoms with Crippen molar-refractivity contribution in [2.24, 2.45) is 0 Å². The van der Waals surface area contributed by atoms with Crippen LogP contribution in [0, 0.1) is 10.1 Å². The van der Waals surface area contributed by atoms with E-state index < -0.39 is 4.92 Å². The molecule has 6 nitrogen and oxygen atoms in total. The third kappa shape index (κ3) is 3.76. The lowest BCUT2D eigenvalue weighted by Gasteiger charge is -2.10. The summed E-state index contributed by atoms with van der Waals surface area (Å²) in [6.45, 7) is 7.04. The molecule has 110 valence electrons. The van der Waals surface area contributed by atoms with E-state index >= 15 is 0 Å². The van der Waals surface area contributed by atoms with Crippen LogP contribution < -0.4 is 5.32 Å². The van der Waals surface area contributed by atoms with Gasteiger partial charge in [0.05, 0.1) is 23.7 Å². The second-order valence-corrected chi connectivity index (χ2v) is 4.73. The molecule has 0 bridgehead atoms. The summed E-state index contributed by atoms with van der Waals surface area (Å²) in [7, 11) is 0. The summed E-state index contributed by atoms with van der Waals surface area (Å²) in [5.74, 6) is 0. The number of nitrogens with one attached hydrogen (secondary N) is 1. The minimum Gasteiger partial charge on any atom is -0.377 e. The van der Waals surface area contributed by atoms with Crippen molar-refractivity contribution in [2.45, 2.75) is 6.92 Å². The molecule has 1 heterocycles. The number of rotatable bonds is 7. The largest absolute Gasteiger partial charge is 0.377 e. The third-order valence-corrected chi connectivity index (χ3v) is 2.85. The van der Waals surface area contributed by atoms with Gasteiger partial charge in [-0.25, -0.2) is 4.98 Å². The smallest absolute Gasteiger partial charge is 0.311 e. The Hall–Kier alpha value is -2.47. The van der Waals surface area contributed by atoms with Crippen LogP contribution in [0.3, 0.4) is 0 Å². The van der Waals surface area contributed by atoms with Gasteiger partial charge in [-0.2, -0.15) is 0 Å². The third-order valence-electron chi connectivity index (χ3n) is 2.85. The maximum absolute atomic E-state index is 11.1. The number of benzene rings is 1. The number of para-hydroxylation sites is 1. The lowest BCUT2D eigenvalue weighted by Crippen LogP contribution is -2.12. The molecule has 0 fully saturated rings. The lowest BCUT2D eigenvalue weighted by molar-refractivity contribution is -0.384. The van der Waals surface area contributed by atoms with Crippen molar-refractivity contribution in [3.63, 3.8) is 0 Å². The SMILES string of the molecule is C=C(C)COCCNc1c([N+](=O)[O-])cnc2ccccc12. The average molecular weight is 287 g/mol. The Morgan fingerprint density at radius 2 is 2.24 bits per heavy atom. The molecule has 1 aromatic heterocycles. The number of anilines is 1. The number of hydrogen-bond donors (Lipinski definition) is 1. The number of hydrogen-bond acceptors (Lipinski definition) is 5. The predicted molar refractivity (Wildman–Crippen MR) is 82.5 cm³/mol. The lowest BCUT2D eigenvalue weighted by atomic mass is 10.1. The molecule has 1 aromatic carbocycles. The van der Waals surface area contributed by atoms with Crippen molar-refractivity contribution < 1.29 is 9.66 Å². The highest BCUT2D eigenvalue weighted by Gasteiger charge is 2.17. The van der Waals surface area contributed by atoms with E-state index in [4.69, 9.17) is 4.74 Å². The summed E-state index contributed by atoms with van der Waals surface area (Å²) in [4.78, 5) is 14.8. The first kappa shape index (κ1) is 14.9. The monoisotopic (exact) mass is 287 g/mol. The molecule has 0 unspecified atom stereocenters. The summed E-state index contributed by atoms with van der Waals surface area (Å²) >= 11 is 0. The van der Waals surface area contributed by atoms with Crippen molar-refractivity contribution in [1.29, 1.82) is 0 Å². The average Bonchev–Trinajstić information content (AvgIpc) is 2.46. The first-order valence-electron chi connectivity index (χ1n) is 6.57. The second kappa shape index (κ2) is 6.81. The van der Waals surface area contributed by atoms with Crippen molar-refractivity contribution in [3.8, 4) is 0 Å². The van der Waals surface area contributed by atoms with Gasteiger partial charge >= 0.3 is 5.69 Å². The van der Waals surface area contributed by atoms with Crippen molar-refractivity contribution in [2.75, 3.05) is 25.1 Å². The minimum atomic E-state index is -0.434. The molecule has 0 aliphatic heterocycles. The van der Waals surface area contributed by atoms with Gasteiger partial charge < -0.3 is 10.1 Å². The van der Waals surface area contributed by atoms with Gasteiger partial charge in [0.1, 0.15) is 11.9 Å². The van der Waals surface area contributed by atoms with Crippen LogP contribution >= 0.6 is 0 Å². The minimum absolute atomic E-state index is 0.0337. The molecular formula is C15H17N3O3.